The first kappa shape index (κ1) is 11.7. The van der Waals surface area contributed by atoms with Crippen LogP contribution in [0.2, 0.25) is 0 Å². The second-order valence-corrected chi connectivity index (χ2v) is 5.43. The van der Waals surface area contributed by atoms with Gasteiger partial charge in [-0.15, -0.1) is 0 Å². The van der Waals surface area contributed by atoms with Crippen LogP contribution in [0.1, 0.15) is 23.2 Å². The van der Waals surface area contributed by atoms with Crippen molar-refractivity contribution in [2.45, 2.75) is 18.4 Å². The normalized spacial score (nSPS) is 20.5. The number of morpholine rings is 1. The van der Waals surface area contributed by atoms with Crippen molar-refractivity contribution in [3.8, 4) is 0 Å². The summed E-state index contributed by atoms with van der Waals surface area (Å²) in [6, 6.07) is 1.67. The number of rotatable bonds is 1. The van der Waals surface area contributed by atoms with Crippen LogP contribution >= 0.6 is 0 Å². The Kier molecular flexibility index (Phi) is 2.29. The summed E-state index contributed by atoms with van der Waals surface area (Å²) in [7, 11) is 0. The molecular formula is C13H14N4O3. The quantitative estimate of drug-likeness (QED) is 0.780. The van der Waals surface area contributed by atoms with E-state index < -0.39 is 0 Å². The van der Waals surface area contributed by atoms with Gasteiger partial charge in [-0.3, -0.25) is 9.78 Å². The number of amides is 1. The van der Waals surface area contributed by atoms with Crippen LogP contribution in [0.4, 0.5) is 0 Å². The van der Waals surface area contributed by atoms with Crippen molar-refractivity contribution < 1.29 is 9.53 Å². The van der Waals surface area contributed by atoms with E-state index in [2.05, 4.69) is 15.0 Å². The number of nitrogens with one attached hydrogen (secondary N) is 2. The number of carbonyl (C=O) groups is 1. The number of hydrogen-bond donors (Lipinski definition) is 2. The molecule has 4 rings (SSSR count). The van der Waals surface area contributed by atoms with Crippen LogP contribution in [0.15, 0.2) is 17.1 Å². The van der Waals surface area contributed by atoms with Gasteiger partial charge < -0.3 is 14.6 Å². The highest BCUT2D eigenvalue weighted by molar-refractivity contribution is 5.97. The minimum Gasteiger partial charge on any atom is -0.377 e. The summed E-state index contributed by atoms with van der Waals surface area (Å²) in [6.07, 6.45) is 3.50. The first-order valence-electron chi connectivity index (χ1n) is 6.66. The van der Waals surface area contributed by atoms with Crippen LogP contribution in [0.25, 0.3) is 11.2 Å². The molecule has 1 saturated carbocycles. The number of aromatic amines is 2. The van der Waals surface area contributed by atoms with Crippen LogP contribution in [0.3, 0.4) is 0 Å². The Hall–Kier alpha value is -2.15. The number of nitrogens with zero attached hydrogens (tertiary/aromatic N) is 2. The third-order valence-corrected chi connectivity index (χ3v) is 4.09. The number of aromatic nitrogens is 3. The Balaban J connectivity index is 1.70. The lowest BCUT2D eigenvalue weighted by Gasteiger charge is -2.36. The molecular weight excluding hydrogens is 260 g/mol. The van der Waals surface area contributed by atoms with Crippen molar-refractivity contribution in [2.24, 2.45) is 0 Å². The van der Waals surface area contributed by atoms with E-state index in [1.54, 1.807) is 6.07 Å². The van der Waals surface area contributed by atoms with Crippen LogP contribution < -0.4 is 5.69 Å². The van der Waals surface area contributed by atoms with E-state index in [0.717, 1.165) is 12.8 Å². The molecule has 1 aliphatic carbocycles. The minimum absolute atomic E-state index is 0.0396. The average Bonchev–Trinajstić information content (AvgIpc) is 3.10. The molecule has 2 N–H and O–H groups in total. The molecule has 0 aromatic carbocycles. The smallest absolute Gasteiger partial charge is 0.325 e. The van der Waals surface area contributed by atoms with Crippen molar-refractivity contribution in [2.75, 3.05) is 19.8 Å². The molecule has 104 valence electrons. The summed E-state index contributed by atoms with van der Waals surface area (Å²) in [4.78, 5) is 35.1. The molecule has 0 bridgehead atoms. The summed E-state index contributed by atoms with van der Waals surface area (Å²) in [5, 5.41) is 0. The van der Waals surface area contributed by atoms with Crippen molar-refractivity contribution >= 4 is 17.1 Å². The molecule has 1 aliphatic heterocycles. The minimum atomic E-state index is -0.317. The monoisotopic (exact) mass is 274 g/mol. The number of pyridine rings is 1. The van der Waals surface area contributed by atoms with E-state index in [-0.39, 0.29) is 17.1 Å². The summed E-state index contributed by atoms with van der Waals surface area (Å²) in [6.45, 7) is 1.81. The number of hydrogen-bond acceptors (Lipinski definition) is 4. The zero-order valence-electron chi connectivity index (χ0n) is 10.8. The molecule has 2 aromatic rings. The highest BCUT2D eigenvalue weighted by atomic mass is 16.5. The van der Waals surface area contributed by atoms with E-state index in [4.69, 9.17) is 4.74 Å². The number of H-pyrrole nitrogens is 2. The maximum Gasteiger partial charge on any atom is 0.325 e. The Morgan fingerprint density at radius 3 is 3.05 bits per heavy atom. The van der Waals surface area contributed by atoms with Gasteiger partial charge in [-0.1, -0.05) is 0 Å². The molecule has 7 heteroatoms. The molecule has 7 nitrogen and oxygen atoms in total. The maximum absolute atomic E-state index is 12.6. The van der Waals surface area contributed by atoms with Gasteiger partial charge in [0, 0.05) is 12.7 Å². The van der Waals surface area contributed by atoms with E-state index >= 15 is 0 Å². The Morgan fingerprint density at radius 2 is 2.25 bits per heavy atom. The van der Waals surface area contributed by atoms with Gasteiger partial charge in [0.05, 0.1) is 29.8 Å². The predicted octanol–water partition coefficient (Wildman–Crippen LogP) is 0.256. The molecule has 3 heterocycles. The van der Waals surface area contributed by atoms with Crippen LogP contribution in [0.5, 0.6) is 0 Å². The summed E-state index contributed by atoms with van der Waals surface area (Å²) in [5.41, 5.74) is 1.10. The van der Waals surface area contributed by atoms with E-state index in [0.29, 0.717) is 36.5 Å². The van der Waals surface area contributed by atoms with Gasteiger partial charge in [-0.05, 0) is 18.9 Å². The number of fused-ring (bicyclic) bond motifs is 1. The standard InChI is InChI=1S/C13H14N4O3/c18-11(17-3-4-20-7-13(17)1-2-13)8-5-9-10(14-6-8)16-12(19)15-9/h5-6H,1-4,7H2,(H2,14,15,16,19). The second kappa shape index (κ2) is 3.92. The summed E-state index contributed by atoms with van der Waals surface area (Å²) >= 11 is 0. The fraction of sp³-hybridized carbons (Fsp3) is 0.462. The van der Waals surface area contributed by atoms with Crippen molar-refractivity contribution in [1.29, 1.82) is 0 Å². The van der Waals surface area contributed by atoms with Gasteiger partial charge in [0.2, 0.25) is 0 Å². The maximum atomic E-state index is 12.6. The largest absolute Gasteiger partial charge is 0.377 e. The van der Waals surface area contributed by atoms with Gasteiger partial charge in [-0.25, -0.2) is 9.78 Å². The molecule has 2 aromatic heterocycles. The van der Waals surface area contributed by atoms with Gasteiger partial charge in [0.1, 0.15) is 0 Å². The predicted molar refractivity (Wildman–Crippen MR) is 70.5 cm³/mol. The zero-order chi connectivity index (χ0) is 13.7. The Labute approximate surface area is 114 Å². The lowest BCUT2D eigenvalue weighted by atomic mass is 10.1. The van der Waals surface area contributed by atoms with Gasteiger partial charge in [0.15, 0.2) is 5.65 Å². The third-order valence-electron chi connectivity index (χ3n) is 4.09. The lowest BCUT2D eigenvalue weighted by Crippen LogP contribution is -2.50. The van der Waals surface area contributed by atoms with Crippen LogP contribution in [-0.2, 0) is 4.74 Å². The number of ether oxygens (including phenoxy) is 1. The topological polar surface area (TPSA) is 91.1 Å². The molecule has 0 atom stereocenters. The van der Waals surface area contributed by atoms with E-state index in [1.165, 1.54) is 6.20 Å². The Morgan fingerprint density at radius 1 is 1.40 bits per heavy atom. The fourth-order valence-electron chi connectivity index (χ4n) is 2.80. The van der Waals surface area contributed by atoms with Crippen LogP contribution in [-0.4, -0.2) is 51.1 Å². The molecule has 20 heavy (non-hydrogen) atoms. The molecule has 0 unspecified atom stereocenters. The van der Waals surface area contributed by atoms with Crippen molar-refractivity contribution in [3.63, 3.8) is 0 Å². The third kappa shape index (κ3) is 1.66. The zero-order valence-corrected chi connectivity index (χ0v) is 10.8. The summed E-state index contributed by atoms with van der Waals surface area (Å²) in [5.74, 6) is -0.0396. The average molecular weight is 274 g/mol. The molecule has 2 fully saturated rings. The molecule has 2 aliphatic rings. The summed E-state index contributed by atoms with van der Waals surface area (Å²) < 4.78 is 5.48. The van der Waals surface area contributed by atoms with Crippen LogP contribution in [0, 0.1) is 0 Å². The van der Waals surface area contributed by atoms with Gasteiger partial charge in [-0.2, -0.15) is 0 Å². The highest BCUT2D eigenvalue weighted by Gasteiger charge is 2.52. The van der Waals surface area contributed by atoms with E-state index in [9.17, 15) is 9.59 Å². The van der Waals surface area contributed by atoms with Gasteiger partial charge >= 0.3 is 5.69 Å². The Bertz CT molecular complexity index is 743. The fourth-order valence-corrected chi connectivity index (χ4v) is 2.80. The van der Waals surface area contributed by atoms with Crippen molar-refractivity contribution in [1.82, 2.24) is 19.9 Å². The highest BCUT2D eigenvalue weighted by Crippen LogP contribution is 2.44. The molecule has 1 spiro atoms. The SMILES string of the molecule is O=C(c1cnc2[nH]c(=O)[nH]c2c1)N1CCOCC12CC2. The van der Waals surface area contributed by atoms with Gasteiger partial charge in [0.25, 0.3) is 5.91 Å². The molecule has 1 saturated heterocycles. The molecule has 1 amide bonds. The van der Waals surface area contributed by atoms with Crippen molar-refractivity contribution in [3.05, 3.63) is 28.3 Å². The first-order valence-corrected chi connectivity index (χ1v) is 6.66. The van der Waals surface area contributed by atoms with E-state index in [1.807, 2.05) is 4.90 Å². The first-order chi connectivity index (χ1) is 9.68. The second-order valence-electron chi connectivity index (χ2n) is 5.43. The number of imidazole rings is 1. The lowest BCUT2D eigenvalue weighted by molar-refractivity contribution is -0.0117. The molecule has 0 radical (unpaired) electrons. The number of carbonyl (C=O) groups excluding carboxylic acids is 1.